The molecule has 0 spiro atoms. The third-order valence-corrected chi connectivity index (χ3v) is 25.0. The summed E-state index contributed by atoms with van der Waals surface area (Å²) in [6.45, 7) is 9.94. The van der Waals surface area contributed by atoms with E-state index in [-0.39, 0.29) is 20.1 Å². The summed E-state index contributed by atoms with van der Waals surface area (Å²) in [4.78, 5) is 8.20. The third-order valence-electron chi connectivity index (χ3n) is 21.0. The van der Waals surface area contributed by atoms with Crippen LogP contribution in [0.4, 0.5) is 85.3 Å². The van der Waals surface area contributed by atoms with Crippen LogP contribution in [0.5, 0.6) is 34.5 Å². The summed E-state index contributed by atoms with van der Waals surface area (Å²) >= 11 is 7.12. The first-order valence-corrected chi connectivity index (χ1v) is 38.7. The van der Waals surface area contributed by atoms with Gasteiger partial charge in [-0.2, -0.15) is 0 Å². The highest BCUT2D eigenvalue weighted by atomic mass is 32.2. The number of rotatable bonds is 13. The van der Waals surface area contributed by atoms with Crippen molar-refractivity contribution >= 4 is 216 Å². The maximum Gasteiger partial charge on any atom is 0.273 e. The summed E-state index contributed by atoms with van der Waals surface area (Å²) in [6, 6.07) is 93.0. The van der Waals surface area contributed by atoms with Crippen molar-refractivity contribution in [2.24, 2.45) is 0 Å². The molecule has 0 saturated heterocycles. The van der Waals surface area contributed by atoms with Crippen LogP contribution in [0.3, 0.4) is 0 Å². The van der Waals surface area contributed by atoms with Crippen molar-refractivity contribution < 1.29 is 14.2 Å². The van der Waals surface area contributed by atoms with Crippen molar-refractivity contribution in [1.29, 1.82) is 0 Å². The van der Waals surface area contributed by atoms with E-state index < -0.39 is 0 Å². The zero-order chi connectivity index (χ0) is 68.9. The van der Waals surface area contributed by atoms with E-state index in [1.807, 2.05) is 34.8 Å². The topological polar surface area (TPSA) is 55.9 Å². The molecular formula is C87H63B3N6O3S4. The third kappa shape index (κ3) is 9.71. The van der Waals surface area contributed by atoms with E-state index in [1.165, 1.54) is 47.2 Å². The Bertz CT molecular complexity index is 5740. The predicted molar refractivity (Wildman–Crippen MR) is 445 cm³/mol. The number of fused-ring (bicyclic) bond motifs is 14. The first-order chi connectivity index (χ1) is 50.7. The molecule has 2 aromatic heterocycles. The Morgan fingerprint density at radius 1 is 0.398 bits per heavy atom. The number of aryl methyl sites for hydroxylation is 2. The van der Waals surface area contributed by atoms with E-state index in [0.29, 0.717) is 0 Å². The maximum atomic E-state index is 7.63. The molecular weight excluding hydrogens is 1340 g/mol. The Morgan fingerprint density at radius 3 is 1.43 bits per heavy atom. The minimum Gasteiger partial charge on any atom is -0.458 e. The van der Waals surface area contributed by atoms with Crippen LogP contribution in [0.15, 0.2) is 274 Å². The molecule has 14 aromatic rings. The molecule has 20 rings (SSSR count). The Morgan fingerprint density at radius 2 is 0.864 bits per heavy atom. The first kappa shape index (κ1) is 61.7. The molecule has 12 aromatic carbocycles. The van der Waals surface area contributed by atoms with Gasteiger partial charge in [0.1, 0.15) is 34.5 Å². The van der Waals surface area contributed by atoms with E-state index in [1.54, 1.807) is 23.9 Å². The van der Waals surface area contributed by atoms with Gasteiger partial charge in [0.2, 0.25) is 0 Å². The van der Waals surface area contributed by atoms with Crippen LogP contribution < -0.4 is 90.6 Å². The summed E-state index contributed by atoms with van der Waals surface area (Å²) in [5.41, 5.74) is 27.4. The highest BCUT2D eigenvalue weighted by molar-refractivity contribution is 8.00. The quantitative estimate of drug-likeness (QED) is 0.0682. The highest BCUT2D eigenvalue weighted by Gasteiger charge is 2.50. The molecule has 0 atom stereocenters. The van der Waals surface area contributed by atoms with E-state index in [0.717, 1.165) is 152 Å². The Hall–Kier alpha value is -11.1. The van der Waals surface area contributed by atoms with Gasteiger partial charge in [0, 0.05) is 124 Å². The van der Waals surface area contributed by atoms with Gasteiger partial charge in [-0.05, 0) is 193 Å². The van der Waals surface area contributed by atoms with Crippen LogP contribution in [0.25, 0.3) is 16.2 Å². The smallest absolute Gasteiger partial charge is 0.273 e. The van der Waals surface area contributed by atoms with Crippen molar-refractivity contribution in [2.45, 2.75) is 20.8 Å². The van der Waals surface area contributed by atoms with Gasteiger partial charge in [-0.15, -0.1) is 22.7 Å². The number of nitrogens with zero attached hydrogens (tertiary/aromatic N) is 5. The molecule has 6 aliphatic rings. The highest BCUT2D eigenvalue weighted by Crippen LogP contribution is 2.52. The SMILES string of the molecule is C=C/C=C\c1sc2c(c1C)Oc1cc(N(c3ccc(C)cc3)c3ccc(C)cc3)cc3c1B2c1cc2c(cc1N3)N(SC)c1cc(N(c3ccccc3)c3ccccc3)cc3c1B2c1cc2c(cc1N3SC)Oc1cc(N(c3ccccc3)c3ccccc3)cc3c1B2c1sc2ccccc2c1O3. The number of anilines is 15. The lowest BCUT2D eigenvalue weighted by molar-refractivity contribution is 0.468. The van der Waals surface area contributed by atoms with Crippen LogP contribution in [0.1, 0.15) is 21.6 Å². The summed E-state index contributed by atoms with van der Waals surface area (Å²) in [5.74, 6) is 5.01. The molecule has 0 saturated carbocycles. The average molecular weight is 1400 g/mol. The zero-order valence-corrected chi connectivity index (χ0v) is 60.3. The molecule has 492 valence electrons. The van der Waals surface area contributed by atoms with Gasteiger partial charge >= 0.3 is 0 Å². The summed E-state index contributed by atoms with van der Waals surface area (Å²) in [7, 11) is 0. The Kier molecular flexibility index (Phi) is 14.5. The molecule has 6 aliphatic heterocycles. The predicted octanol–water partition coefficient (Wildman–Crippen LogP) is 18.9. The zero-order valence-electron chi connectivity index (χ0n) is 57.0. The van der Waals surface area contributed by atoms with Crippen LogP contribution in [0.2, 0.25) is 0 Å². The molecule has 0 radical (unpaired) electrons. The summed E-state index contributed by atoms with van der Waals surface area (Å²) in [5, 5.41) is 5.28. The van der Waals surface area contributed by atoms with Gasteiger partial charge in [-0.25, -0.2) is 0 Å². The molecule has 0 unspecified atom stereocenters. The Labute approximate surface area is 617 Å². The molecule has 9 nitrogen and oxygen atoms in total. The lowest BCUT2D eigenvalue weighted by atomic mass is 9.30. The normalized spacial score (nSPS) is 13.4. The van der Waals surface area contributed by atoms with E-state index in [2.05, 4.69) is 329 Å². The Balaban J connectivity index is 0.833. The number of nitrogens with one attached hydrogen (secondary N) is 1. The molecule has 8 heterocycles. The van der Waals surface area contributed by atoms with Gasteiger partial charge in [-0.3, -0.25) is 8.61 Å². The molecule has 0 bridgehead atoms. The fourth-order valence-electron chi connectivity index (χ4n) is 16.5. The van der Waals surface area contributed by atoms with Crippen molar-refractivity contribution in [3.8, 4) is 34.5 Å². The van der Waals surface area contributed by atoms with Crippen molar-refractivity contribution in [3.05, 3.63) is 295 Å². The second kappa shape index (κ2) is 24.3. The molecule has 0 fully saturated rings. The maximum absolute atomic E-state index is 7.63. The summed E-state index contributed by atoms with van der Waals surface area (Å²) < 4.78 is 30.9. The van der Waals surface area contributed by atoms with E-state index in [4.69, 9.17) is 14.2 Å². The molecule has 0 aliphatic carbocycles. The van der Waals surface area contributed by atoms with Gasteiger partial charge in [0.25, 0.3) is 20.1 Å². The second-order valence-corrected chi connectivity index (χ2v) is 30.6. The standard InChI is InChI=1S/C87H63B3N6O3S4/c1-7-8-32-79-54(4)84-86(102-79)89-65-48-66-71(50-69(65)91-70-42-61(45-76(98-84)81(70)89)94(59-38-34-52(2)35-39-59)60-40-36-53(3)37-41-60)95(100-5)73-43-62(92(55-23-13-9-14-24-55)56-25-15-10-16-26-56)44-74-82(73)88(66)67-49-68-75(51-72(67)96(74)101-6)97-77-46-63(93(57-27-17-11-18-28-57)58-29-19-12-20-30-58)47-78-83(77)90(68)87-85(99-78)64-31-21-22-33-80(64)103-87/h7-51,91H,1H2,2-6H3/b32-8-. The van der Waals surface area contributed by atoms with Crippen LogP contribution in [-0.2, 0) is 0 Å². The fraction of sp³-hybridized carbons (Fsp3) is 0.0575. The number of allylic oxidation sites excluding steroid dienone is 2. The molecule has 0 amide bonds. The molecule has 1 N–H and O–H groups in total. The minimum absolute atomic E-state index is 0.182. The van der Waals surface area contributed by atoms with Crippen LogP contribution >= 0.6 is 46.6 Å². The largest absolute Gasteiger partial charge is 0.458 e. The van der Waals surface area contributed by atoms with Crippen molar-refractivity contribution in [1.82, 2.24) is 0 Å². The number of benzene rings is 12. The lowest BCUT2D eigenvalue weighted by Crippen LogP contribution is -2.65. The van der Waals surface area contributed by atoms with E-state index in [9.17, 15) is 0 Å². The van der Waals surface area contributed by atoms with Gasteiger partial charge in [0.05, 0.1) is 34.1 Å². The lowest BCUT2D eigenvalue weighted by Gasteiger charge is -2.45. The van der Waals surface area contributed by atoms with Gasteiger partial charge < -0.3 is 34.2 Å². The van der Waals surface area contributed by atoms with Crippen LogP contribution in [0, 0.1) is 20.8 Å². The first-order valence-electron chi connectivity index (χ1n) is 34.7. The fourth-order valence-corrected chi connectivity index (χ4v) is 20.4. The number of ether oxygens (including phenoxy) is 3. The molecule has 103 heavy (non-hydrogen) atoms. The summed E-state index contributed by atoms with van der Waals surface area (Å²) in [6.07, 6.45) is 10.5. The van der Waals surface area contributed by atoms with Crippen molar-refractivity contribution in [2.75, 3.05) is 41.1 Å². The number of thiophene rings is 2. The minimum atomic E-state index is -0.250. The van der Waals surface area contributed by atoms with Crippen LogP contribution in [-0.4, -0.2) is 32.6 Å². The molecule has 16 heteroatoms. The average Bonchev–Trinajstić information content (AvgIpc) is 1.32. The second-order valence-electron chi connectivity index (χ2n) is 27.0. The monoisotopic (exact) mass is 1400 g/mol. The van der Waals surface area contributed by atoms with Gasteiger partial charge in [-0.1, -0.05) is 151 Å². The number of para-hydroxylation sites is 4. The number of hydrogen-bond donors (Lipinski definition) is 1. The van der Waals surface area contributed by atoms with Gasteiger partial charge in [0.15, 0.2) is 0 Å². The number of hydrogen-bond acceptors (Lipinski definition) is 13. The van der Waals surface area contributed by atoms with E-state index >= 15 is 0 Å². The van der Waals surface area contributed by atoms with Crippen molar-refractivity contribution in [3.63, 3.8) is 0 Å².